The number of nitrogens with one attached hydrogen (secondary N) is 1. The van der Waals surface area contributed by atoms with E-state index in [1.165, 1.54) is 12.0 Å². The van der Waals surface area contributed by atoms with E-state index in [1.807, 2.05) is 6.07 Å². The molecule has 3 N–H and O–H groups in total. The minimum Gasteiger partial charge on any atom is -0.497 e. The van der Waals surface area contributed by atoms with E-state index >= 15 is 0 Å². The monoisotopic (exact) mass is 869 g/mol. The third kappa shape index (κ3) is 10.6. The van der Waals surface area contributed by atoms with E-state index in [1.54, 1.807) is 50.6 Å². The fraction of sp³-hybridized carbons (Fsp3) is 0.578. The Morgan fingerprint density at radius 3 is 2.54 bits per heavy atom. The number of fused-ring (bicyclic) bond motifs is 2. The van der Waals surface area contributed by atoms with Crippen molar-refractivity contribution in [1.82, 2.24) is 4.90 Å². The Hall–Kier alpha value is -4.54. The predicted octanol–water partition coefficient (Wildman–Crippen LogP) is 7.78. The molecule has 15 nitrogen and oxygen atoms in total. The molecule has 61 heavy (non-hydrogen) atoms. The van der Waals surface area contributed by atoms with Crippen LogP contribution in [0.2, 0.25) is 0 Å². The van der Waals surface area contributed by atoms with Gasteiger partial charge in [0.1, 0.15) is 35.6 Å². The van der Waals surface area contributed by atoms with E-state index in [0.717, 1.165) is 49.7 Å². The lowest BCUT2D eigenvalue weighted by molar-refractivity contribution is -0.254. The van der Waals surface area contributed by atoms with E-state index in [0.29, 0.717) is 54.5 Å². The van der Waals surface area contributed by atoms with Gasteiger partial charge in [0.15, 0.2) is 0 Å². The summed E-state index contributed by atoms with van der Waals surface area (Å²) in [5.41, 5.74) is 2.66. The number of halogens is 1. The SMILES string of the molecule is C=CCOC12Oc3ccc(OC(=O)Nc4ccc(OC)cc4OC)cc3C3C(CCCCO)C(CCCCO)C=C(C(=NOC4CCCCO4)CC1N(C)C(=O)OCCCl)C32. The van der Waals surface area contributed by atoms with Crippen LogP contribution < -0.4 is 24.3 Å². The molecule has 0 radical (unpaired) electrons. The summed E-state index contributed by atoms with van der Waals surface area (Å²) >= 11 is 5.95. The number of unbranched alkanes of at least 4 members (excludes halogenated alkanes) is 2. The summed E-state index contributed by atoms with van der Waals surface area (Å²) in [5.74, 6) is -0.595. The lowest BCUT2D eigenvalue weighted by atomic mass is 9.55. The van der Waals surface area contributed by atoms with Crippen molar-refractivity contribution in [2.24, 2.45) is 22.9 Å². The van der Waals surface area contributed by atoms with Crippen molar-refractivity contribution in [3.8, 4) is 23.0 Å². The largest absolute Gasteiger partial charge is 0.497 e. The molecular weight excluding hydrogens is 810 g/mol. The first kappa shape index (κ1) is 46.0. The minimum atomic E-state index is -1.48. The van der Waals surface area contributed by atoms with Crippen LogP contribution in [0.15, 0.2) is 65.9 Å². The van der Waals surface area contributed by atoms with Gasteiger partial charge in [0.2, 0.25) is 12.1 Å². The number of hydrogen-bond donors (Lipinski definition) is 3. The molecule has 1 saturated heterocycles. The van der Waals surface area contributed by atoms with Gasteiger partial charge in [-0.3, -0.25) is 5.32 Å². The van der Waals surface area contributed by atoms with Crippen molar-refractivity contribution in [1.29, 1.82) is 0 Å². The summed E-state index contributed by atoms with van der Waals surface area (Å²) in [5, 5.41) is 27.4. The van der Waals surface area contributed by atoms with Gasteiger partial charge in [0.05, 0.1) is 50.6 Å². The fourth-order valence-electron chi connectivity index (χ4n) is 9.21. The normalized spacial score (nSPS) is 25.8. The number of anilines is 1. The number of rotatable bonds is 20. The molecule has 2 amide bonds. The zero-order valence-corrected chi connectivity index (χ0v) is 36.1. The number of benzene rings is 2. The standard InChI is InChI=1S/C45H60ClN3O12/c1-5-22-58-45-39(49(2)44(53)57-24-19-46)28-36(48-61-40-14-8-11-23-56-40)33-25-29(12-6-9-20-50)32(13-7-10-21-51)41(42(33)45)34-26-31(16-18-37(34)60-45)59-43(52)47-35-17-15-30(54-3)27-38(35)55-4/h5,15-18,25-27,29,32,39-42,50-51H,1,6-14,19-24,28H2,2-4H3,(H,47,52). The number of carbonyl (C=O) groups is 2. The Kier molecular flexibility index (Phi) is 16.6. The molecule has 0 spiro atoms. The van der Waals surface area contributed by atoms with Crippen LogP contribution in [0, 0.1) is 17.8 Å². The van der Waals surface area contributed by atoms with Gasteiger partial charge in [-0.05, 0) is 86.3 Å². The maximum Gasteiger partial charge on any atom is 0.417 e. The molecule has 2 aromatic rings. The van der Waals surface area contributed by atoms with Gasteiger partial charge in [0.25, 0.3) is 0 Å². The second-order valence-electron chi connectivity index (χ2n) is 15.7. The van der Waals surface area contributed by atoms with Crippen molar-refractivity contribution in [2.45, 2.75) is 88.2 Å². The van der Waals surface area contributed by atoms with E-state index < -0.39 is 36.2 Å². The summed E-state index contributed by atoms with van der Waals surface area (Å²) in [6, 6.07) is 9.50. The number of aliphatic hydroxyl groups is 2. The summed E-state index contributed by atoms with van der Waals surface area (Å²) in [6.45, 7) is 4.75. The topological polar surface area (TPSA) is 176 Å². The highest BCUT2D eigenvalue weighted by Gasteiger charge is 2.65. The van der Waals surface area contributed by atoms with Gasteiger partial charge >= 0.3 is 12.2 Å². The highest BCUT2D eigenvalue weighted by molar-refractivity contribution is 6.18. The number of carbonyl (C=O) groups excluding carboxylic acids is 2. The molecule has 2 aliphatic heterocycles. The molecule has 2 heterocycles. The number of methoxy groups -OCH3 is 2. The number of nitrogens with zero attached hydrogens (tertiary/aromatic N) is 2. The highest BCUT2D eigenvalue weighted by Crippen LogP contribution is 2.62. The number of aliphatic hydroxyl groups excluding tert-OH is 2. The second-order valence-corrected chi connectivity index (χ2v) is 16.0. The zero-order chi connectivity index (χ0) is 43.4. The van der Waals surface area contributed by atoms with Crippen LogP contribution in [0.25, 0.3) is 0 Å². The van der Waals surface area contributed by atoms with Gasteiger partial charge in [-0.25, -0.2) is 9.59 Å². The van der Waals surface area contributed by atoms with Gasteiger partial charge in [-0.15, -0.1) is 18.2 Å². The van der Waals surface area contributed by atoms with Crippen molar-refractivity contribution in [2.75, 3.05) is 65.5 Å². The Bertz CT molecular complexity index is 1870. The third-order valence-electron chi connectivity index (χ3n) is 12.0. The highest BCUT2D eigenvalue weighted by atomic mass is 35.5. The second kappa shape index (κ2) is 22.0. The van der Waals surface area contributed by atoms with Gasteiger partial charge in [-0.1, -0.05) is 30.1 Å². The molecule has 7 atom stereocenters. The summed E-state index contributed by atoms with van der Waals surface area (Å²) in [7, 11) is 4.69. The molecule has 334 valence electrons. The van der Waals surface area contributed by atoms with Crippen LogP contribution in [0.1, 0.15) is 75.7 Å². The number of allylic oxidation sites excluding steroid dienone is 1. The van der Waals surface area contributed by atoms with Crippen LogP contribution in [-0.4, -0.2) is 111 Å². The molecule has 0 aromatic heterocycles. The van der Waals surface area contributed by atoms with Gasteiger partial charge in [-0.2, -0.15) is 0 Å². The van der Waals surface area contributed by atoms with E-state index in [4.69, 9.17) is 54.8 Å². The number of oxime groups is 1. The van der Waals surface area contributed by atoms with Crippen LogP contribution >= 0.6 is 11.6 Å². The molecule has 2 fully saturated rings. The third-order valence-corrected chi connectivity index (χ3v) is 12.1. The molecule has 0 bridgehead atoms. The number of likely N-dealkylation sites (N-methyl/N-ethyl adjacent to an activating group) is 1. The van der Waals surface area contributed by atoms with Crippen molar-refractivity contribution in [3.05, 3.63) is 66.3 Å². The van der Waals surface area contributed by atoms with Crippen molar-refractivity contribution >= 4 is 35.2 Å². The Morgan fingerprint density at radius 2 is 1.84 bits per heavy atom. The molecule has 1 saturated carbocycles. The number of ether oxygens (including phenoxy) is 7. The predicted molar refractivity (Wildman–Crippen MR) is 229 cm³/mol. The first-order valence-electron chi connectivity index (χ1n) is 21.2. The summed E-state index contributed by atoms with van der Waals surface area (Å²) in [4.78, 5) is 34.9. The molecular formula is C45H60ClN3O12. The molecule has 4 aliphatic rings. The van der Waals surface area contributed by atoms with Gasteiger partial charge in [0, 0.05) is 50.7 Å². The molecule has 2 aliphatic carbocycles. The zero-order valence-electron chi connectivity index (χ0n) is 35.4. The fourth-order valence-corrected chi connectivity index (χ4v) is 9.28. The smallest absolute Gasteiger partial charge is 0.417 e. The molecule has 16 heteroatoms. The Balaban J connectivity index is 1.50. The molecule has 7 unspecified atom stereocenters. The van der Waals surface area contributed by atoms with Crippen LogP contribution in [-0.2, 0) is 19.0 Å². The molecule has 2 aromatic carbocycles. The van der Waals surface area contributed by atoms with Crippen molar-refractivity contribution < 1.29 is 57.8 Å². The summed E-state index contributed by atoms with van der Waals surface area (Å²) in [6.07, 6.45) is 9.05. The average molecular weight is 870 g/mol. The Morgan fingerprint density at radius 1 is 1.05 bits per heavy atom. The Labute approximate surface area is 362 Å². The van der Waals surface area contributed by atoms with E-state index in [9.17, 15) is 19.8 Å². The van der Waals surface area contributed by atoms with Crippen molar-refractivity contribution in [3.63, 3.8) is 0 Å². The van der Waals surface area contributed by atoms with Crippen LogP contribution in [0.3, 0.4) is 0 Å². The lowest BCUT2D eigenvalue weighted by Crippen LogP contribution is -2.69. The summed E-state index contributed by atoms with van der Waals surface area (Å²) < 4.78 is 42.3. The van der Waals surface area contributed by atoms with E-state index in [2.05, 4.69) is 18.0 Å². The quantitative estimate of drug-likeness (QED) is 0.0511. The first-order chi connectivity index (χ1) is 29.7. The van der Waals surface area contributed by atoms with Gasteiger partial charge < -0.3 is 53.1 Å². The first-order valence-corrected chi connectivity index (χ1v) is 21.8. The number of alkyl halides is 1. The van der Waals surface area contributed by atoms with E-state index in [-0.39, 0.29) is 62.2 Å². The maximum absolute atomic E-state index is 13.8. The van der Waals surface area contributed by atoms with Crippen LogP contribution in [0.4, 0.5) is 15.3 Å². The number of amides is 2. The van der Waals surface area contributed by atoms with Crippen LogP contribution in [0.5, 0.6) is 23.0 Å². The maximum atomic E-state index is 13.8. The number of hydrogen-bond acceptors (Lipinski definition) is 13. The minimum absolute atomic E-state index is 0.000876. The average Bonchev–Trinajstić information content (AvgIpc) is 3.28. The molecule has 6 rings (SSSR count). The lowest BCUT2D eigenvalue weighted by Gasteiger charge is -2.59.